The molecule has 1 unspecified atom stereocenters. The normalized spacial score (nSPS) is 26.6. The molecule has 0 aromatic carbocycles. The largest absolute Gasteiger partial charge is 0.389 e. The van der Waals surface area contributed by atoms with Gasteiger partial charge in [0.2, 0.25) is 0 Å². The van der Waals surface area contributed by atoms with Gasteiger partial charge in [-0.2, -0.15) is 0 Å². The third-order valence-corrected chi connectivity index (χ3v) is 3.27. The maximum atomic E-state index is 10.5. The Labute approximate surface area is 96.3 Å². The number of ether oxygens (including phenoxy) is 1. The van der Waals surface area contributed by atoms with Crippen LogP contribution in [0.3, 0.4) is 0 Å². The molecule has 0 aliphatic carbocycles. The van der Waals surface area contributed by atoms with Crippen molar-refractivity contribution in [1.29, 1.82) is 0 Å². The van der Waals surface area contributed by atoms with E-state index < -0.39 is 5.60 Å². The zero-order chi connectivity index (χ0) is 11.4. The monoisotopic (exact) mass is 224 g/mol. The molecule has 1 aliphatic heterocycles. The second-order valence-corrected chi connectivity index (χ2v) is 4.50. The molecule has 90 valence electrons. The summed E-state index contributed by atoms with van der Waals surface area (Å²) in [5, 5.41) is 10.5. The summed E-state index contributed by atoms with van der Waals surface area (Å²) in [6.45, 7) is 4.42. The third kappa shape index (κ3) is 2.62. The summed E-state index contributed by atoms with van der Waals surface area (Å²) >= 11 is 0. The van der Waals surface area contributed by atoms with Crippen LogP contribution in [-0.2, 0) is 17.7 Å². The molecule has 0 radical (unpaired) electrons. The minimum atomic E-state index is -0.630. The van der Waals surface area contributed by atoms with Gasteiger partial charge in [0.1, 0.15) is 5.82 Å². The lowest BCUT2D eigenvalue weighted by Gasteiger charge is -2.25. The van der Waals surface area contributed by atoms with Gasteiger partial charge in [-0.15, -0.1) is 0 Å². The van der Waals surface area contributed by atoms with Gasteiger partial charge in [-0.3, -0.25) is 0 Å². The van der Waals surface area contributed by atoms with Gasteiger partial charge < -0.3 is 14.4 Å². The van der Waals surface area contributed by atoms with E-state index in [9.17, 15) is 5.11 Å². The molecule has 4 nitrogen and oxygen atoms in total. The third-order valence-electron chi connectivity index (χ3n) is 3.27. The first kappa shape index (κ1) is 11.6. The molecule has 4 heteroatoms. The summed E-state index contributed by atoms with van der Waals surface area (Å²) in [4.78, 5) is 4.32. The van der Waals surface area contributed by atoms with Crippen molar-refractivity contribution in [3.8, 4) is 0 Å². The van der Waals surface area contributed by atoms with Gasteiger partial charge in [0.15, 0.2) is 0 Å². The molecule has 2 heterocycles. The lowest BCUT2D eigenvalue weighted by atomic mass is 9.91. The first-order valence-corrected chi connectivity index (χ1v) is 6.04. The number of imidazole rings is 1. The average molecular weight is 224 g/mol. The molecule has 1 atom stereocenters. The maximum absolute atomic E-state index is 10.5. The van der Waals surface area contributed by atoms with Crippen molar-refractivity contribution in [2.24, 2.45) is 0 Å². The van der Waals surface area contributed by atoms with Crippen molar-refractivity contribution in [1.82, 2.24) is 9.55 Å². The van der Waals surface area contributed by atoms with Crippen LogP contribution in [0, 0.1) is 0 Å². The van der Waals surface area contributed by atoms with Gasteiger partial charge in [-0.05, 0) is 26.2 Å². The Balaban J connectivity index is 2.06. The van der Waals surface area contributed by atoms with Crippen LogP contribution in [-0.4, -0.2) is 33.5 Å². The highest BCUT2D eigenvalue weighted by atomic mass is 16.5. The van der Waals surface area contributed by atoms with Crippen LogP contribution in [0.15, 0.2) is 12.4 Å². The van der Waals surface area contributed by atoms with Crippen molar-refractivity contribution in [2.75, 3.05) is 13.2 Å². The van der Waals surface area contributed by atoms with E-state index in [1.54, 1.807) is 6.20 Å². The fraction of sp³-hybridized carbons (Fsp3) is 0.750. The van der Waals surface area contributed by atoms with Gasteiger partial charge in [0.05, 0.1) is 5.60 Å². The van der Waals surface area contributed by atoms with Gasteiger partial charge in [-0.1, -0.05) is 0 Å². The Morgan fingerprint density at radius 3 is 3.19 bits per heavy atom. The molecule has 1 saturated heterocycles. The quantitative estimate of drug-likeness (QED) is 0.843. The predicted molar refractivity (Wildman–Crippen MR) is 61.2 cm³/mol. The van der Waals surface area contributed by atoms with Crippen molar-refractivity contribution in [2.45, 2.75) is 44.8 Å². The molecule has 0 bridgehead atoms. The van der Waals surface area contributed by atoms with E-state index in [0.717, 1.165) is 31.8 Å². The minimum Gasteiger partial charge on any atom is -0.389 e. The lowest BCUT2D eigenvalue weighted by Crippen LogP contribution is -2.33. The van der Waals surface area contributed by atoms with Gasteiger partial charge >= 0.3 is 0 Å². The predicted octanol–water partition coefficient (Wildman–Crippen LogP) is 1.38. The first-order chi connectivity index (χ1) is 7.73. The molecule has 16 heavy (non-hydrogen) atoms. The van der Waals surface area contributed by atoms with Gasteiger partial charge in [-0.25, -0.2) is 4.98 Å². The molecule has 0 amide bonds. The molecule has 1 aliphatic rings. The number of rotatable bonds is 3. The van der Waals surface area contributed by atoms with Crippen LogP contribution < -0.4 is 0 Å². The standard InChI is InChI=1S/C12H20N2O2/c1-2-14-7-6-13-11(14)10-12(15)4-3-8-16-9-5-12/h6-7,15H,2-5,8-10H2,1H3. The van der Waals surface area contributed by atoms with E-state index in [-0.39, 0.29) is 0 Å². The van der Waals surface area contributed by atoms with Crippen molar-refractivity contribution >= 4 is 0 Å². The molecule has 1 fully saturated rings. The molecular formula is C12H20N2O2. The van der Waals surface area contributed by atoms with Crippen molar-refractivity contribution in [3.05, 3.63) is 18.2 Å². The molecule has 1 aromatic heterocycles. The van der Waals surface area contributed by atoms with E-state index in [4.69, 9.17) is 4.74 Å². The minimum absolute atomic E-state index is 0.630. The van der Waals surface area contributed by atoms with E-state index in [1.807, 2.05) is 6.20 Å². The van der Waals surface area contributed by atoms with Crippen LogP contribution in [0.1, 0.15) is 32.0 Å². The van der Waals surface area contributed by atoms with Crippen molar-refractivity contribution < 1.29 is 9.84 Å². The van der Waals surface area contributed by atoms with E-state index >= 15 is 0 Å². The van der Waals surface area contributed by atoms with Crippen LogP contribution >= 0.6 is 0 Å². The molecule has 1 N–H and O–H groups in total. The molecule has 1 aromatic rings. The Kier molecular flexibility index (Phi) is 3.61. The van der Waals surface area contributed by atoms with Gasteiger partial charge in [0, 0.05) is 38.6 Å². The smallest absolute Gasteiger partial charge is 0.111 e. The fourth-order valence-electron chi connectivity index (χ4n) is 2.26. The Morgan fingerprint density at radius 2 is 2.38 bits per heavy atom. The Hall–Kier alpha value is -0.870. The summed E-state index contributed by atoms with van der Waals surface area (Å²) in [6, 6.07) is 0. The highest BCUT2D eigenvalue weighted by Gasteiger charge is 2.30. The molecular weight excluding hydrogens is 204 g/mol. The number of aryl methyl sites for hydroxylation is 1. The summed E-state index contributed by atoms with van der Waals surface area (Å²) in [5.74, 6) is 0.979. The van der Waals surface area contributed by atoms with Crippen LogP contribution in [0.5, 0.6) is 0 Å². The number of hydrogen-bond donors (Lipinski definition) is 1. The van der Waals surface area contributed by atoms with Crippen molar-refractivity contribution in [3.63, 3.8) is 0 Å². The second-order valence-electron chi connectivity index (χ2n) is 4.50. The van der Waals surface area contributed by atoms with E-state index in [2.05, 4.69) is 16.5 Å². The zero-order valence-electron chi connectivity index (χ0n) is 9.85. The SMILES string of the molecule is CCn1ccnc1CC1(O)CCCOCC1. The Bertz CT molecular complexity index is 328. The topological polar surface area (TPSA) is 47.3 Å². The molecule has 0 saturated carbocycles. The number of nitrogens with zero attached hydrogens (tertiary/aromatic N) is 2. The highest BCUT2D eigenvalue weighted by molar-refractivity contribution is 4.99. The zero-order valence-corrected chi connectivity index (χ0v) is 9.85. The molecule has 0 spiro atoms. The van der Waals surface area contributed by atoms with Crippen LogP contribution in [0.4, 0.5) is 0 Å². The highest BCUT2D eigenvalue weighted by Crippen LogP contribution is 2.25. The second kappa shape index (κ2) is 4.97. The lowest BCUT2D eigenvalue weighted by molar-refractivity contribution is 0.0165. The van der Waals surface area contributed by atoms with E-state index in [0.29, 0.717) is 19.4 Å². The Morgan fingerprint density at radius 1 is 1.50 bits per heavy atom. The summed E-state index contributed by atoms with van der Waals surface area (Å²) in [5.41, 5.74) is -0.630. The van der Waals surface area contributed by atoms with E-state index in [1.165, 1.54) is 0 Å². The summed E-state index contributed by atoms with van der Waals surface area (Å²) in [6.07, 6.45) is 6.86. The number of hydrogen-bond acceptors (Lipinski definition) is 3. The summed E-state index contributed by atoms with van der Waals surface area (Å²) in [7, 11) is 0. The molecule has 2 rings (SSSR count). The van der Waals surface area contributed by atoms with Crippen LogP contribution in [0.25, 0.3) is 0 Å². The fourth-order valence-corrected chi connectivity index (χ4v) is 2.26. The average Bonchev–Trinajstić information content (AvgIpc) is 2.59. The summed E-state index contributed by atoms with van der Waals surface area (Å²) < 4.78 is 7.47. The number of aliphatic hydroxyl groups is 1. The first-order valence-electron chi connectivity index (χ1n) is 6.04. The van der Waals surface area contributed by atoms with Gasteiger partial charge in [0.25, 0.3) is 0 Å². The maximum Gasteiger partial charge on any atom is 0.111 e. The number of aromatic nitrogens is 2. The van der Waals surface area contributed by atoms with Crippen LogP contribution in [0.2, 0.25) is 0 Å².